The van der Waals surface area contributed by atoms with Crippen LogP contribution in [0.5, 0.6) is 0 Å². The maximum atomic E-state index is 5.68. The van der Waals surface area contributed by atoms with Gasteiger partial charge in [0.15, 0.2) is 0 Å². The number of nitrogen functional groups attached to an aromatic ring is 1. The third-order valence-electron chi connectivity index (χ3n) is 3.54. The molecule has 1 fully saturated rings. The van der Waals surface area contributed by atoms with E-state index >= 15 is 0 Å². The molecule has 1 saturated heterocycles. The van der Waals surface area contributed by atoms with Gasteiger partial charge in [-0.3, -0.25) is 0 Å². The zero-order valence-electron chi connectivity index (χ0n) is 10.8. The first-order valence-corrected chi connectivity index (χ1v) is 6.51. The van der Waals surface area contributed by atoms with Crippen LogP contribution in [-0.4, -0.2) is 30.1 Å². The molecule has 1 aliphatic heterocycles. The molecule has 0 radical (unpaired) electrons. The molecule has 3 N–H and O–H groups in total. The van der Waals surface area contributed by atoms with Gasteiger partial charge in [0.05, 0.1) is 0 Å². The molecule has 94 valence electrons. The molecule has 0 aliphatic carbocycles. The Kier molecular flexibility index (Phi) is 3.89. The summed E-state index contributed by atoms with van der Waals surface area (Å²) >= 11 is 0. The molecule has 0 saturated carbocycles. The van der Waals surface area contributed by atoms with Crippen LogP contribution in [0.15, 0.2) is 24.3 Å². The summed E-state index contributed by atoms with van der Waals surface area (Å²) in [4.78, 5) is 2.54. The Morgan fingerprint density at radius 1 is 1.18 bits per heavy atom. The van der Waals surface area contributed by atoms with Crippen molar-refractivity contribution in [1.29, 1.82) is 0 Å². The predicted octanol–water partition coefficient (Wildman–Crippen LogP) is 2.55. The topological polar surface area (TPSA) is 41.3 Å². The summed E-state index contributed by atoms with van der Waals surface area (Å²) in [5.74, 6) is 0. The highest BCUT2D eigenvalue weighted by atomic mass is 15.2. The molecule has 0 unspecified atom stereocenters. The van der Waals surface area contributed by atoms with Crippen LogP contribution in [0.2, 0.25) is 0 Å². The van der Waals surface area contributed by atoms with Crippen LogP contribution >= 0.6 is 0 Å². The number of rotatable bonds is 3. The molecular formula is C14H23N3. The highest BCUT2D eigenvalue weighted by molar-refractivity contribution is 5.51. The number of hydrogen-bond donors (Lipinski definition) is 2. The van der Waals surface area contributed by atoms with E-state index in [0.717, 1.165) is 5.69 Å². The monoisotopic (exact) mass is 233 g/mol. The Morgan fingerprint density at radius 2 is 1.76 bits per heavy atom. The molecule has 0 aromatic heterocycles. The Morgan fingerprint density at radius 3 is 2.29 bits per heavy atom. The van der Waals surface area contributed by atoms with Gasteiger partial charge in [-0.2, -0.15) is 0 Å². The summed E-state index contributed by atoms with van der Waals surface area (Å²) < 4.78 is 0. The fourth-order valence-electron chi connectivity index (χ4n) is 2.38. The minimum atomic E-state index is 0.605. The van der Waals surface area contributed by atoms with Crippen molar-refractivity contribution in [2.45, 2.75) is 38.8 Å². The predicted molar refractivity (Wildman–Crippen MR) is 74.2 cm³/mol. The van der Waals surface area contributed by atoms with Gasteiger partial charge in [0.25, 0.3) is 0 Å². The summed E-state index contributed by atoms with van der Waals surface area (Å²) in [6.45, 7) is 6.94. The van der Waals surface area contributed by atoms with E-state index < -0.39 is 0 Å². The van der Waals surface area contributed by atoms with Gasteiger partial charge in [-0.05, 0) is 51.0 Å². The number of benzene rings is 1. The standard InChI is InChI=1S/C14H23N3/c1-11(2)17-9-7-14(8-10-17)16-13-5-3-12(15)4-6-13/h3-6,11,14,16H,7-10,15H2,1-2H3. The number of nitrogens with zero attached hydrogens (tertiary/aromatic N) is 1. The molecule has 0 bridgehead atoms. The van der Waals surface area contributed by atoms with Crippen LogP contribution in [0.25, 0.3) is 0 Å². The smallest absolute Gasteiger partial charge is 0.0343 e. The Bertz CT molecular complexity index is 337. The highest BCUT2D eigenvalue weighted by Crippen LogP contribution is 2.18. The number of likely N-dealkylation sites (tertiary alicyclic amines) is 1. The molecule has 3 nitrogen and oxygen atoms in total. The lowest BCUT2D eigenvalue weighted by molar-refractivity contribution is 0.177. The van der Waals surface area contributed by atoms with E-state index in [4.69, 9.17) is 5.73 Å². The number of piperidine rings is 1. The van der Waals surface area contributed by atoms with E-state index in [1.165, 1.54) is 31.6 Å². The SMILES string of the molecule is CC(C)N1CCC(Nc2ccc(N)cc2)CC1. The molecule has 1 aliphatic rings. The summed E-state index contributed by atoms with van der Waals surface area (Å²) in [6.07, 6.45) is 2.45. The van der Waals surface area contributed by atoms with Crippen molar-refractivity contribution in [3.8, 4) is 0 Å². The van der Waals surface area contributed by atoms with Gasteiger partial charge >= 0.3 is 0 Å². The van der Waals surface area contributed by atoms with Crippen molar-refractivity contribution in [2.75, 3.05) is 24.1 Å². The van der Waals surface area contributed by atoms with Gasteiger partial charge < -0.3 is 16.0 Å². The molecule has 3 heteroatoms. The zero-order chi connectivity index (χ0) is 12.3. The van der Waals surface area contributed by atoms with Gasteiger partial charge in [-0.15, -0.1) is 0 Å². The first-order valence-electron chi connectivity index (χ1n) is 6.51. The second-order valence-corrected chi connectivity index (χ2v) is 5.17. The average Bonchev–Trinajstić information content (AvgIpc) is 2.33. The number of nitrogens with two attached hydrogens (primary N) is 1. The van der Waals surface area contributed by atoms with E-state index in [1.54, 1.807) is 0 Å². The van der Waals surface area contributed by atoms with Gasteiger partial charge in [0.2, 0.25) is 0 Å². The van der Waals surface area contributed by atoms with E-state index in [0.29, 0.717) is 12.1 Å². The van der Waals surface area contributed by atoms with Crippen LogP contribution in [-0.2, 0) is 0 Å². The summed E-state index contributed by atoms with van der Waals surface area (Å²) in [7, 11) is 0. The van der Waals surface area contributed by atoms with E-state index in [2.05, 4.69) is 36.2 Å². The molecule has 0 amide bonds. The largest absolute Gasteiger partial charge is 0.399 e. The van der Waals surface area contributed by atoms with Crippen LogP contribution in [0.1, 0.15) is 26.7 Å². The molecule has 1 heterocycles. The third-order valence-corrected chi connectivity index (χ3v) is 3.54. The lowest BCUT2D eigenvalue weighted by Gasteiger charge is -2.35. The maximum absolute atomic E-state index is 5.68. The fraction of sp³-hybridized carbons (Fsp3) is 0.571. The molecule has 17 heavy (non-hydrogen) atoms. The molecule has 0 atom stereocenters. The molecular weight excluding hydrogens is 210 g/mol. The molecule has 0 spiro atoms. The molecule has 2 rings (SSSR count). The van der Waals surface area contributed by atoms with Gasteiger partial charge in [-0.1, -0.05) is 0 Å². The Balaban J connectivity index is 1.84. The first kappa shape index (κ1) is 12.2. The highest BCUT2D eigenvalue weighted by Gasteiger charge is 2.20. The molecule has 1 aromatic carbocycles. The van der Waals surface area contributed by atoms with Crippen molar-refractivity contribution >= 4 is 11.4 Å². The minimum Gasteiger partial charge on any atom is -0.399 e. The van der Waals surface area contributed by atoms with Gasteiger partial charge in [0, 0.05) is 36.5 Å². The second kappa shape index (κ2) is 5.41. The third kappa shape index (κ3) is 3.37. The average molecular weight is 233 g/mol. The van der Waals surface area contributed by atoms with Crippen LogP contribution in [0.3, 0.4) is 0 Å². The Labute approximate surface area is 104 Å². The number of hydrogen-bond acceptors (Lipinski definition) is 3. The van der Waals surface area contributed by atoms with Crippen LogP contribution in [0, 0.1) is 0 Å². The van der Waals surface area contributed by atoms with Crippen molar-refractivity contribution in [1.82, 2.24) is 4.90 Å². The minimum absolute atomic E-state index is 0.605. The fourth-order valence-corrected chi connectivity index (χ4v) is 2.38. The normalized spacial score (nSPS) is 18.5. The first-order chi connectivity index (χ1) is 8.15. The number of nitrogens with one attached hydrogen (secondary N) is 1. The Hall–Kier alpha value is -1.22. The molecule has 1 aromatic rings. The van der Waals surface area contributed by atoms with E-state index in [-0.39, 0.29) is 0 Å². The second-order valence-electron chi connectivity index (χ2n) is 5.17. The lowest BCUT2D eigenvalue weighted by atomic mass is 10.0. The number of anilines is 2. The maximum Gasteiger partial charge on any atom is 0.0343 e. The van der Waals surface area contributed by atoms with Gasteiger partial charge in [-0.25, -0.2) is 0 Å². The van der Waals surface area contributed by atoms with Crippen molar-refractivity contribution in [3.63, 3.8) is 0 Å². The van der Waals surface area contributed by atoms with E-state index in [9.17, 15) is 0 Å². The van der Waals surface area contributed by atoms with E-state index in [1.807, 2.05) is 12.1 Å². The van der Waals surface area contributed by atoms with Gasteiger partial charge in [0.1, 0.15) is 0 Å². The quantitative estimate of drug-likeness (QED) is 0.788. The van der Waals surface area contributed by atoms with Crippen molar-refractivity contribution < 1.29 is 0 Å². The van der Waals surface area contributed by atoms with Crippen LogP contribution < -0.4 is 11.1 Å². The summed E-state index contributed by atoms with van der Waals surface area (Å²) in [6, 6.07) is 9.30. The summed E-state index contributed by atoms with van der Waals surface area (Å²) in [5.41, 5.74) is 7.68. The summed E-state index contributed by atoms with van der Waals surface area (Å²) in [5, 5.41) is 3.59. The lowest BCUT2D eigenvalue weighted by Crippen LogP contribution is -2.42. The van der Waals surface area contributed by atoms with Crippen molar-refractivity contribution in [3.05, 3.63) is 24.3 Å². The van der Waals surface area contributed by atoms with Crippen LogP contribution in [0.4, 0.5) is 11.4 Å². The van der Waals surface area contributed by atoms with Crippen molar-refractivity contribution in [2.24, 2.45) is 0 Å². The zero-order valence-corrected chi connectivity index (χ0v) is 10.8.